The molecule has 0 aliphatic heterocycles. The Morgan fingerprint density at radius 1 is 0.868 bits per heavy atom. The maximum Gasteiger partial charge on any atom is 0.255 e. The Bertz CT molecular complexity index is 1240. The Hall–Kier alpha value is -3.00. The number of benzene rings is 3. The van der Waals surface area contributed by atoms with Crippen LogP contribution in [-0.4, -0.2) is 37.5 Å². The summed E-state index contributed by atoms with van der Waals surface area (Å²) >= 11 is 0. The summed E-state index contributed by atoms with van der Waals surface area (Å²) in [7, 11) is -4.57. The van der Waals surface area contributed by atoms with Gasteiger partial charge in [0, 0.05) is 11.3 Å². The summed E-state index contributed by atoms with van der Waals surface area (Å²) in [5, 5.41) is 2.61. The molecule has 0 radical (unpaired) electrons. The molecule has 0 atom stereocenters. The minimum absolute atomic E-state index is 0.249. The predicted octanol–water partition coefficient (Wildman–Crippen LogP) is 5.56. The van der Waals surface area contributed by atoms with Gasteiger partial charge in [0.1, 0.15) is 10.1 Å². The summed E-state index contributed by atoms with van der Waals surface area (Å²) in [5.74, 6) is -0.382. The van der Waals surface area contributed by atoms with E-state index in [1.54, 1.807) is 17.0 Å². The average Bonchev–Trinajstić information content (AvgIpc) is 2.88. The Labute approximate surface area is 228 Å². The number of aryl methyl sites for hydroxylation is 1. The van der Waals surface area contributed by atoms with Gasteiger partial charge in [-0.15, -0.1) is 0 Å². The van der Waals surface area contributed by atoms with Gasteiger partial charge in [-0.1, -0.05) is 55.8 Å². The molecule has 0 saturated heterocycles. The van der Waals surface area contributed by atoms with Crippen molar-refractivity contribution in [2.75, 3.05) is 11.9 Å². The van der Waals surface area contributed by atoms with Crippen LogP contribution in [0.2, 0.25) is 0 Å². The van der Waals surface area contributed by atoms with Crippen molar-refractivity contribution in [1.29, 1.82) is 0 Å². The zero-order valence-electron chi connectivity index (χ0n) is 23.5. The molecule has 0 bridgehead atoms. The van der Waals surface area contributed by atoms with Crippen LogP contribution in [0.4, 0.5) is 5.69 Å². The van der Waals surface area contributed by atoms with Gasteiger partial charge >= 0.3 is 0 Å². The standard InChI is InChI=1S/C23H23NO4S.C8H19N/c1-2-3-5-17-8-10-18(11-9-17)19-12-14-20(15-13-19)23(25)24-21-6-4-7-22(16-21)29(26,27)28;1-6-9(7(2)3)8(4)5/h4,6-16H,2-3,5H2,1H3,(H,24,25)(H,26,27,28);7-8H,6H2,1-5H3. The molecule has 6 nitrogen and oxygen atoms in total. The summed E-state index contributed by atoms with van der Waals surface area (Å²) < 4.78 is 33.4. The molecule has 1 amide bonds. The van der Waals surface area contributed by atoms with Crippen molar-refractivity contribution in [3.05, 3.63) is 83.9 Å². The summed E-state index contributed by atoms with van der Waals surface area (Å²) in [6, 6.07) is 22.4. The van der Waals surface area contributed by atoms with E-state index in [0.717, 1.165) is 35.7 Å². The van der Waals surface area contributed by atoms with Gasteiger partial charge in [0.2, 0.25) is 0 Å². The first kappa shape index (κ1) is 31.2. The zero-order valence-corrected chi connectivity index (χ0v) is 24.3. The molecule has 2 N–H and O–H groups in total. The highest BCUT2D eigenvalue weighted by Crippen LogP contribution is 2.22. The number of quaternary nitrogens is 1. The van der Waals surface area contributed by atoms with Crippen LogP contribution in [0.5, 0.6) is 0 Å². The van der Waals surface area contributed by atoms with Crippen molar-refractivity contribution in [1.82, 2.24) is 0 Å². The van der Waals surface area contributed by atoms with Crippen LogP contribution < -0.4 is 10.2 Å². The number of nitrogens with one attached hydrogen (secondary N) is 2. The molecule has 3 aromatic carbocycles. The van der Waals surface area contributed by atoms with E-state index in [2.05, 4.69) is 71.1 Å². The van der Waals surface area contributed by atoms with E-state index in [-0.39, 0.29) is 16.5 Å². The van der Waals surface area contributed by atoms with Gasteiger partial charge in [-0.05, 0) is 94.5 Å². The van der Waals surface area contributed by atoms with Crippen LogP contribution in [0.25, 0.3) is 11.1 Å². The van der Waals surface area contributed by atoms with E-state index < -0.39 is 10.1 Å². The van der Waals surface area contributed by atoms with Crippen molar-refractivity contribution in [3.63, 3.8) is 0 Å². The van der Waals surface area contributed by atoms with Crippen LogP contribution in [0.1, 0.15) is 70.3 Å². The number of hydrogen-bond donors (Lipinski definition) is 2. The highest BCUT2D eigenvalue weighted by Gasteiger charge is 2.13. The third-order valence-electron chi connectivity index (χ3n) is 6.53. The monoisotopic (exact) mass is 538 g/mol. The van der Waals surface area contributed by atoms with E-state index in [9.17, 15) is 17.8 Å². The van der Waals surface area contributed by atoms with E-state index in [0.29, 0.717) is 5.56 Å². The number of carbonyl (C=O) groups is 1. The van der Waals surface area contributed by atoms with Gasteiger partial charge in [-0.2, -0.15) is 0 Å². The van der Waals surface area contributed by atoms with Crippen LogP contribution in [0, 0.1) is 0 Å². The van der Waals surface area contributed by atoms with E-state index in [1.165, 1.54) is 43.1 Å². The third kappa shape index (κ3) is 9.71. The highest BCUT2D eigenvalue weighted by atomic mass is 32.2. The fourth-order valence-corrected chi connectivity index (χ4v) is 4.99. The second kappa shape index (κ2) is 14.8. The summed E-state index contributed by atoms with van der Waals surface area (Å²) in [6.07, 6.45) is 3.42. The number of anilines is 1. The number of carbonyl (C=O) groups excluding carboxylic acids is 1. The number of unbranched alkanes of at least 4 members (excludes halogenated alkanes) is 1. The molecule has 0 aliphatic rings. The molecular formula is C31H42N2O4S. The molecule has 0 heterocycles. The van der Waals surface area contributed by atoms with Gasteiger partial charge in [0.05, 0.1) is 23.5 Å². The summed E-state index contributed by atoms with van der Waals surface area (Å²) in [6.45, 7) is 14.8. The van der Waals surface area contributed by atoms with Crippen molar-refractivity contribution >= 4 is 21.7 Å². The first-order valence-corrected chi connectivity index (χ1v) is 14.8. The average molecular weight is 539 g/mol. The van der Waals surface area contributed by atoms with Gasteiger partial charge in [-0.25, -0.2) is 8.42 Å². The van der Waals surface area contributed by atoms with Crippen LogP contribution >= 0.6 is 0 Å². The van der Waals surface area contributed by atoms with Crippen molar-refractivity contribution in [2.45, 2.75) is 77.8 Å². The largest absolute Gasteiger partial charge is 0.744 e. The Morgan fingerprint density at radius 2 is 1.42 bits per heavy atom. The minimum Gasteiger partial charge on any atom is -0.744 e. The molecule has 206 valence electrons. The number of rotatable bonds is 10. The lowest BCUT2D eigenvalue weighted by molar-refractivity contribution is -0.940. The van der Waals surface area contributed by atoms with Gasteiger partial charge in [0.15, 0.2) is 0 Å². The van der Waals surface area contributed by atoms with Crippen LogP contribution in [0.3, 0.4) is 0 Å². The minimum atomic E-state index is -4.57. The highest BCUT2D eigenvalue weighted by molar-refractivity contribution is 7.85. The molecular weight excluding hydrogens is 496 g/mol. The molecule has 0 aromatic heterocycles. The summed E-state index contributed by atoms with van der Waals surface area (Å²) in [5.41, 5.74) is 4.07. The maximum absolute atomic E-state index is 12.4. The second-order valence-corrected chi connectivity index (χ2v) is 11.4. The van der Waals surface area contributed by atoms with Gasteiger partial charge in [0.25, 0.3) is 5.91 Å². The SMILES string of the molecule is CCCCc1ccc(-c2ccc(C(=O)Nc3cccc(S(=O)(=O)[O-])c3)cc2)cc1.CC[NH+](C(C)C)C(C)C. The molecule has 0 unspecified atom stereocenters. The lowest BCUT2D eigenvalue weighted by Gasteiger charge is -2.25. The Morgan fingerprint density at radius 3 is 1.87 bits per heavy atom. The van der Waals surface area contributed by atoms with Crippen molar-refractivity contribution in [3.8, 4) is 11.1 Å². The van der Waals surface area contributed by atoms with Crippen molar-refractivity contribution < 1.29 is 22.7 Å². The molecule has 0 fully saturated rings. The van der Waals surface area contributed by atoms with Crippen LogP contribution in [0.15, 0.2) is 77.7 Å². The first-order chi connectivity index (χ1) is 18.0. The smallest absolute Gasteiger partial charge is 0.255 e. The second-order valence-electron chi connectivity index (χ2n) is 10.1. The van der Waals surface area contributed by atoms with Crippen molar-refractivity contribution in [2.24, 2.45) is 0 Å². The van der Waals surface area contributed by atoms with Gasteiger partial charge in [-0.3, -0.25) is 4.79 Å². The fourth-order valence-electron chi connectivity index (χ4n) is 4.47. The zero-order chi connectivity index (χ0) is 28.3. The number of amides is 1. The van der Waals surface area contributed by atoms with E-state index in [4.69, 9.17) is 0 Å². The lowest BCUT2D eigenvalue weighted by atomic mass is 10.0. The quantitative estimate of drug-likeness (QED) is 0.331. The first-order valence-electron chi connectivity index (χ1n) is 13.4. The topological polar surface area (TPSA) is 90.7 Å². The predicted molar refractivity (Wildman–Crippen MR) is 155 cm³/mol. The molecule has 3 rings (SSSR count). The molecule has 0 aliphatic carbocycles. The molecule has 38 heavy (non-hydrogen) atoms. The fraction of sp³-hybridized carbons (Fsp3) is 0.387. The van der Waals surface area contributed by atoms with E-state index in [1.807, 2.05) is 12.1 Å². The molecule has 0 saturated carbocycles. The lowest BCUT2D eigenvalue weighted by Crippen LogP contribution is -3.17. The summed E-state index contributed by atoms with van der Waals surface area (Å²) in [4.78, 5) is 13.7. The maximum atomic E-state index is 12.4. The van der Waals surface area contributed by atoms with E-state index >= 15 is 0 Å². The normalized spacial score (nSPS) is 11.4. The third-order valence-corrected chi connectivity index (χ3v) is 7.36. The molecule has 3 aromatic rings. The molecule has 7 heteroatoms. The number of hydrogen-bond acceptors (Lipinski definition) is 4. The van der Waals surface area contributed by atoms with Crippen LogP contribution in [-0.2, 0) is 16.5 Å². The Kier molecular flexibility index (Phi) is 12.2. The Balaban J connectivity index is 0.000000484. The van der Waals surface area contributed by atoms with Gasteiger partial charge < -0.3 is 14.8 Å². The molecule has 0 spiro atoms.